The fraction of sp³-hybridized carbons (Fsp3) is 0.594. The molecule has 4 rings (SSSR count). The zero-order valence-electron chi connectivity index (χ0n) is 27.2. The van der Waals surface area contributed by atoms with Gasteiger partial charge in [-0.3, -0.25) is 24.0 Å². The van der Waals surface area contributed by atoms with Crippen LogP contribution >= 0.6 is 11.8 Å². The number of benzene rings is 1. The Hall–Kier alpha value is -3.54. The van der Waals surface area contributed by atoms with Crippen LogP contribution in [0.25, 0.3) is 10.9 Å². The van der Waals surface area contributed by atoms with Crippen LogP contribution in [0, 0.1) is 6.92 Å². The Kier molecular flexibility index (Phi) is 19.3. The Morgan fingerprint density at radius 2 is 1.57 bits per heavy atom. The average molecular weight is 634 g/mol. The fourth-order valence-electron chi connectivity index (χ4n) is 4.19. The molecule has 2 aromatic rings. The number of rotatable bonds is 5. The van der Waals surface area contributed by atoms with Gasteiger partial charge in [-0.2, -0.15) is 4.73 Å². The second-order valence-electron chi connectivity index (χ2n) is 10.4. The van der Waals surface area contributed by atoms with Crippen LogP contribution in [0.2, 0.25) is 0 Å². The molecule has 12 heteroatoms. The first-order chi connectivity index (χ1) is 21.1. The van der Waals surface area contributed by atoms with Crippen molar-refractivity contribution in [2.24, 2.45) is 0 Å². The Bertz CT molecular complexity index is 1160. The molecule has 0 bridgehead atoms. The maximum absolute atomic E-state index is 12.1. The van der Waals surface area contributed by atoms with Crippen molar-refractivity contribution in [3.05, 3.63) is 36.0 Å². The molecule has 3 N–H and O–H groups in total. The lowest BCUT2D eigenvalue weighted by atomic mass is 10.0. The molecule has 44 heavy (non-hydrogen) atoms. The van der Waals surface area contributed by atoms with Gasteiger partial charge in [0.1, 0.15) is 13.2 Å². The quantitative estimate of drug-likeness (QED) is 0.428. The first-order valence-electron chi connectivity index (χ1n) is 15.4. The van der Waals surface area contributed by atoms with Crippen LogP contribution in [0.15, 0.2) is 30.5 Å². The molecule has 246 valence electrons. The molecule has 2 aliphatic rings. The van der Waals surface area contributed by atoms with E-state index in [0.29, 0.717) is 13.0 Å². The topological polar surface area (TPSA) is 139 Å². The van der Waals surface area contributed by atoms with Gasteiger partial charge in [-0.15, -0.1) is 0 Å². The normalized spacial score (nSPS) is 16.9. The van der Waals surface area contributed by atoms with Crippen LogP contribution in [0.4, 0.5) is 0 Å². The zero-order chi connectivity index (χ0) is 32.9. The first kappa shape index (κ1) is 38.5. The van der Waals surface area contributed by atoms with Crippen molar-refractivity contribution in [1.29, 1.82) is 0 Å². The number of nitrogens with one attached hydrogen (secondary N) is 3. The molecule has 0 radical (unpaired) electrons. The van der Waals surface area contributed by atoms with Gasteiger partial charge in [0.2, 0.25) is 23.6 Å². The summed E-state index contributed by atoms with van der Waals surface area (Å²) >= 11 is 1.42. The number of aromatic nitrogens is 1. The summed E-state index contributed by atoms with van der Waals surface area (Å²) in [5.41, 5.74) is 2.37. The molecule has 4 amide bonds. The van der Waals surface area contributed by atoms with E-state index >= 15 is 0 Å². The summed E-state index contributed by atoms with van der Waals surface area (Å²) in [5.74, 6) is -0.452. The number of aryl methyl sites for hydroxylation is 1. The number of hydrogen-bond donors (Lipinski definition) is 3. The van der Waals surface area contributed by atoms with Gasteiger partial charge >= 0.3 is 0 Å². The summed E-state index contributed by atoms with van der Waals surface area (Å²) in [6.45, 7) is 10.1. The molecule has 2 saturated heterocycles. The number of carbonyl (C=O) groups excluding carboxylic acids is 5. The highest BCUT2D eigenvalue weighted by molar-refractivity contribution is 8.13. The predicted molar refractivity (Wildman–Crippen MR) is 176 cm³/mol. The summed E-state index contributed by atoms with van der Waals surface area (Å²) in [5, 5.41) is 8.80. The Labute approximate surface area is 266 Å². The highest BCUT2D eigenvalue weighted by Crippen LogP contribution is 2.19. The molecule has 0 saturated carbocycles. The number of hydrogen-bond acceptors (Lipinski definition) is 7. The number of unbranched alkanes of at least 4 members (excludes halogenated alkanes) is 2. The van der Waals surface area contributed by atoms with Crippen molar-refractivity contribution in [2.45, 2.75) is 85.6 Å². The highest BCUT2D eigenvalue weighted by Gasteiger charge is 2.32. The number of amides is 4. The van der Waals surface area contributed by atoms with E-state index < -0.39 is 17.9 Å². The third-order valence-corrected chi connectivity index (χ3v) is 7.71. The number of piperidine rings is 1. The Morgan fingerprint density at radius 3 is 2.18 bits per heavy atom. The molecule has 11 nitrogen and oxygen atoms in total. The largest absolute Gasteiger partial charge is 0.417 e. The summed E-state index contributed by atoms with van der Waals surface area (Å²) in [6, 6.07) is 7.64. The minimum atomic E-state index is -0.555. The lowest BCUT2D eigenvalue weighted by Gasteiger charge is -2.35. The van der Waals surface area contributed by atoms with Crippen molar-refractivity contribution < 1.29 is 28.8 Å². The van der Waals surface area contributed by atoms with E-state index in [1.54, 1.807) is 18.8 Å². The zero-order valence-corrected chi connectivity index (χ0v) is 28.0. The molecule has 2 aliphatic heterocycles. The third kappa shape index (κ3) is 14.3. The molecule has 1 unspecified atom stereocenters. The van der Waals surface area contributed by atoms with E-state index in [1.165, 1.54) is 46.9 Å². The molecule has 0 spiro atoms. The fourth-order valence-corrected chi connectivity index (χ4v) is 4.91. The van der Waals surface area contributed by atoms with Crippen molar-refractivity contribution >= 4 is 51.4 Å². The van der Waals surface area contributed by atoms with Crippen LogP contribution < -0.4 is 20.8 Å². The van der Waals surface area contributed by atoms with Crippen LogP contribution in [-0.2, 0) is 24.0 Å². The molecular weight excluding hydrogens is 582 g/mol. The van der Waals surface area contributed by atoms with Gasteiger partial charge in [-0.05, 0) is 44.2 Å². The van der Waals surface area contributed by atoms with Crippen LogP contribution in [0.1, 0.15) is 78.2 Å². The van der Waals surface area contributed by atoms with Crippen molar-refractivity contribution in [2.75, 3.05) is 39.0 Å². The standard InChI is InChI=1S/C12H18N4O4.C10H11NO.C6H12OS.C4H10/c17-9-5-13-10(18)6-15-12(20)8-3-1-2-4-16(8)11(19)7-14-9;1-8-7-11(12-2)10-6-4-3-5-9(8)10;1-3-4-5-8-6(2)7;1-3-4-2/h8H,1-7H2,(H,13,18)(H,14,17)(H,15,20);3-7H,1-2H3;3-5H2,1-2H3;3-4H2,1-2H3. The van der Waals surface area contributed by atoms with Gasteiger partial charge in [0, 0.05) is 30.8 Å². The van der Waals surface area contributed by atoms with E-state index in [-0.39, 0.29) is 36.6 Å². The lowest BCUT2D eigenvalue weighted by Crippen LogP contribution is -2.56. The smallest absolute Gasteiger partial charge is 0.243 e. The monoisotopic (exact) mass is 633 g/mol. The summed E-state index contributed by atoms with van der Waals surface area (Å²) < 4.78 is 1.78. The molecule has 0 aliphatic carbocycles. The molecule has 1 atom stereocenters. The predicted octanol–water partition coefficient (Wildman–Crippen LogP) is 3.61. The average Bonchev–Trinajstić information content (AvgIpc) is 3.37. The van der Waals surface area contributed by atoms with E-state index in [2.05, 4.69) is 49.7 Å². The summed E-state index contributed by atoms with van der Waals surface area (Å²) in [7, 11) is 1.67. The van der Waals surface area contributed by atoms with E-state index in [9.17, 15) is 24.0 Å². The minimum absolute atomic E-state index is 0.154. The molecule has 3 heterocycles. The van der Waals surface area contributed by atoms with Crippen LogP contribution in [-0.4, -0.2) is 83.5 Å². The minimum Gasteiger partial charge on any atom is -0.417 e. The lowest BCUT2D eigenvalue weighted by molar-refractivity contribution is -0.143. The number of thioether (sulfide) groups is 1. The molecule has 1 aromatic carbocycles. The molecular formula is C32H51N5O6S. The van der Waals surface area contributed by atoms with Gasteiger partial charge in [-0.25, -0.2) is 0 Å². The number of fused-ring (bicyclic) bond motifs is 2. The number of para-hydroxylation sites is 1. The van der Waals surface area contributed by atoms with Crippen molar-refractivity contribution in [3.63, 3.8) is 0 Å². The maximum atomic E-state index is 12.1. The van der Waals surface area contributed by atoms with Gasteiger partial charge in [0.25, 0.3) is 0 Å². The summed E-state index contributed by atoms with van der Waals surface area (Å²) in [4.78, 5) is 63.9. The Balaban J connectivity index is 0.000000341. The van der Waals surface area contributed by atoms with E-state index in [0.717, 1.165) is 30.5 Å². The highest BCUT2D eigenvalue weighted by atomic mass is 32.2. The van der Waals surface area contributed by atoms with Gasteiger partial charge < -0.3 is 25.7 Å². The molecule has 1 aromatic heterocycles. The van der Waals surface area contributed by atoms with Crippen LogP contribution in [0.5, 0.6) is 0 Å². The third-order valence-electron chi connectivity index (χ3n) is 6.81. The van der Waals surface area contributed by atoms with E-state index in [4.69, 9.17) is 4.84 Å². The van der Waals surface area contributed by atoms with Crippen molar-refractivity contribution in [1.82, 2.24) is 25.6 Å². The first-order valence-corrected chi connectivity index (χ1v) is 16.4. The SMILES string of the molecule is CCCC.CCCCSC(C)=O.COn1cc(C)c2ccccc21.O=C1CNC(=O)CNC(=O)C2CCCCN2C(=O)CN1. The van der Waals surface area contributed by atoms with Gasteiger partial charge in [-0.1, -0.05) is 70.0 Å². The summed E-state index contributed by atoms with van der Waals surface area (Å²) in [6.07, 6.45) is 9.24. The molecule has 2 fully saturated rings. The van der Waals surface area contributed by atoms with Crippen LogP contribution in [0.3, 0.4) is 0 Å². The van der Waals surface area contributed by atoms with Crippen molar-refractivity contribution in [3.8, 4) is 0 Å². The van der Waals surface area contributed by atoms with E-state index in [1.807, 2.05) is 24.4 Å². The number of carbonyl (C=O) groups is 5. The number of nitrogens with zero attached hydrogens (tertiary/aromatic N) is 2. The second kappa shape index (κ2) is 22.0. The second-order valence-corrected chi connectivity index (χ2v) is 11.7. The Morgan fingerprint density at radius 1 is 0.932 bits per heavy atom. The maximum Gasteiger partial charge on any atom is 0.243 e. The van der Waals surface area contributed by atoms with Gasteiger partial charge in [0.05, 0.1) is 25.2 Å². The van der Waals surface area contributed by atoms with Gasteiger partial charge in [0.15, 0.2) is 5.12 Å².